The van der Waals surface area contributed by atoms with Crippen LogP contribution in [-0.2, 0) is 0 Å². The fourth-order valence-corrected chi connectivity index (χ4v) is 7.59. The van der Waals surface area contributed by atoms with Gasteiger partial charge in [-0.1, -0.05) is 115 Å². The van der Waals surface area contributed by atoms with Crippen LogP contribution in [0.1, 0.15) is 0 Å². The monoisotopic (exact) mass is 605 g/mol. The maximum atomic E-state index is 5.15. The molecule has 0 aliphatic rings. The van der Waals surface area contributed by atoms with Gasteiger partial charge in [0.05, 0.1) is 26.9 Å². The van der Waals surface area contributed by atoms with Gasteiger partial charge in [0.25, 0.3) is 0 Å². The molecule has 9 rings (SSSR count). The fraction of sp³-hybridized carbons (Fsp3) is 0. The van der Waals surface area contributed by atoms with E-state index in [0.717, 1.165) is 38.5 Å². The number of rotatable bonds is 5. The van der Waals surface area contributed by atoms with Crippen LogP contribution in [0.5, 0.6) is 0 Å². The first-order chi connectivity index (χ1) is 22.8. The van der Waals surface area contributed by atoms with Gasteiger partial charge in [0, 0.05) is 39.3 Å². The highest BCUT2D eigenvalue weighted by Crippen LogP contribution is 2.40. The van der Waals surface area contributed by atoms with Crippen molar-refractivity contribution in [1.82, 2.24) is 14.5 Å². The Bertz CT molecular complexity index is 2510. The highest BCUT2D eigenvalue weighted by Gasteiger charge is 2.16. The van der Waals surface area contributed by atoms with Crippen molar-refractivity contribution in [1.29, 1.82) is 0 Å². The second-order valence-corrected chi connectivity index (χ2v) is 12.5. The van der Waals surface area contributed by atoms with Gasteiger partial charge in [-0.25, -0.2) is 4.98 Å². The fourth-order valence-electron chi connectivity index (χ4n) is 6.49. The van der Waals surface area contributed by atoms with Gasteiger partial charge in [-0.3, -0.25) is 4.98 Å². The number of benzene rings is 6. The lowest BCUT2D eigenvalue weighted by atomic mass is 10.0. The van der Waals surface area contributed by atoms with E-state index in [9.17, 15) is 0 Å². The summed E-state index contributed by atoms with van der Waals surface area (Å²) in [6.07, 6.45) is 1.85. The molecular formula is C42H27N3S. The zero-order chi connectivity index (χ0) is 30.5. The Morgan fingerprint density at radius 2 is 1.20 bits per heavy atom. The minimum absolute atomic E-state index is 0.964. The van der Waals surface area contributed by atoms with E-state index < -0.39 is 0 Å². The SMILES string of the molecule is c1ccc(-c2ccc(-c3cccc4nc(-c5ccc6c7ccccc7n(-c7cccc(-c8ccccn8)c7)c6c5)sc34)cc2)cc1. The predicted molar refractivity (Wildman–Crippen MR) is 193 cm³/mol. The van der Waals surface area contributed by atoms with Crippen LogP contribution in [0.4, 0.5) is 0 Å². The molecule has 0 aliphatic carbocycles. The van der Waals surface area contributed by atoms with E-state index in [4.69, 9.17) is 4.98 Å². The Morgan fingerprint density at radius 3 is 2.07 bits per heavy atom. The van der Waals surface area contributed by atoms with Gasteiger partial charge >= 0.3 is 0 Å². The minimum Gasteiger partial charge on any atom is -0.309 e. The third-order valence-electron chi connectivity index (χ3n) is 8.70. The maximum Gasteiger partial charge on any atom is 0.124 e. The van der Waals surface area contributed by atoms with E-state index >= 15 is 0 Å². The van der Waals surface area contributed by atoms with Crippen LogP contribution >= 0.6 is 11.3 Å². The van der Waals surface area contributed by atoms with Gasteiger partial charge in [-0.2, -0.15) is 0 Å². The average molecular weight is 606 g/mol. The summed E-state index contributed by atoms with van der Waals surface area (Å²) in [4.78, 5) is 9.75. The largest absolute Gasteiger partial charge is 0.309 e. The van der Waals surface area contributed by atoms with Crippen LogP contribution in [0.3, 0.4) is 0 Å². The van der Waals surface area contributed by atoms with Crippen LogP contribution in [0.2, 0.25) is 0 Å². The van der Waals surface area contributed by atoms with Gasteiger partial charge in [0.2, 0.25) is 0 Å². The van der Waals surface area contributed by atoms with Gasteiger partial charge in [-0.05, 0) is 59.2 Å². The Labute approximate surface area is 270 Å². The molecule has 6 aromatic carbocycles. The Kier molecular flexibility index (Phi) is 6.32. The average Bonchev–Trinajstić information content (AvgIpc) is 3.72. The molecule has 0 amide bonds. The van der Waals surface area contributed by atoms with E-state index in [1.165, 1.54) is 43.2 Å². The molecule has 0 N–H and O–H groups in total. The lowest BCUT2D eigenvalue weighted by molar-refractivity contribution is 1.18. The Hall–Kier alpha value is -5.84. The van der Waals surface area contributed by atoms with Crippen molar-refractivity contribution in [2.45, 2.75) is 0 Å². The Morgan fingerprint density at radius 1 is 0.478 bits per heavy atom. The second-order valence-electron chi connectivity index (χ2n) is 11.5. The quantitative estimate of drug-likeness (QED) is 0.195. The first kappa shape index (κ1) is 26.6. The first-order valence-electron chi connectivity index (χ1n) is 15.4. The molecule has 0 saturated heterocycles. The normalized spacial score (nSPS) is 11.5. The van der Waals surface area contributed by atoms with Crippen LogP contribution in [0.15, 0.2) is 164 Å². The molecule has 0 fully saturated rings. The zero-order valence-electron chi connectivity index (χ0n) is 24.8. The number of hydrogen-bond acceptors (Lipinski definition) is 3. The molecule has 4 heteroatoms. The smallest absolute Gasteiger partial charge is 0.124 e. The molecule has 0 saturated carbocycles. The van der Waals surface area contributed by atoms with Crippen LogP contribution in [0, 0.1) is 0 Å². The number of para-hydroxylation sites is 1. The highest BCUT2D eigenvalue weighted by atomic mass is 32.1. The summed E-state index contributed by atoms with van der Waals surface area (Å²) >= 11 is 1.76. The van der Waals surface area contributed by atoms with E-state index in [1.807, 2.05) is 18.3 Å². The molecule has 46 heavy (non-hydrogen) atoms. The van der Waals surface area contributed by atoms with Crippen molar-refractivity contribution < 1.29 is 0 Å². The summed E-state index contributed by atoms with van der Waals surface area (Å²) in [5, 5.41) is 3.48. The van der Waals surface area contributed by atoms with Gasteiger partial charge in [0.1, 0.15) is 5.01 Å². The summed E-state index contributed by atoms with van der Waals surface area (Å²) in [6.45, 7) is 0. The minimum atomic E-state index is 0.964. The number of nitrogens with zero attached hydrogens (tertiary/aromatic N) is 3. The first-order valence-corrected chi connectivity index (χ1v) is 16.2. The molecular weight excluding hydrogens is 579 g/mol. The van der Waals surface area contributed by atoms with Crippen molar-refractivity contribution in [3.63, 3.8) is 0 Å². The highest BCUT2D eigenvalue weighted by molar-refractivity contribution is 7.22. The molecule has 3 nitrogen and oxygen atoms in total. The molecule has 0 atom stereocenters. The molecule has 0 bridgehead atoms. The number of hydrogen-bond donors (Lipinski definition) is 0. The molecule has 3 heterocycles. The van der Waals surface area contributed by atoms with Gasteiger partial charge < -0.3 is 4.57 Å². The number of thiazole rings is 1. The van der Waals surface area contributed by atoms with Gasteiger partial charge in [-0.15, -0.1) is 11.3 Å². The van der Waals surface area contributed by atoms with E-state index in [2.05, 4.69) is 155 Å². The van der Waals surface area contributed by atoms with Gasteiger partial charge in [0.15, 0.2) is 0 Å². The maximum absolute atomic E-state index is 5.15. The topological polar surface area (TPSA) is 30.7 Å². The summed E-state index contributed by atoms with van der Waals surface area (Å²) in [5.41, 5.74) is 12.5. The van der Waals surface area contributed by atoms with E-state index in [0.29, 0.717) is 0 Å². The van der Waals surface area contributed by atoms with E-state index in [1.54, 1.807) is 11.3 Å². The number of fused-ring (bicyclic) bond motifs is 4. The van der Waals surface area contributed by atoms with Crippen molar-refractivity contribution in [2.75, 3.05) is 0 Å². The van der Waals surface area contributed by atoms with Crippen molar-refractivity contribution >= 4 is 43.4 Å². The van der Waals surface area contributed by atoms with Crippen molar-refractivity contribution in [3.05, 3.63) is 164 Å². The third-order valence-corrected chi connectivity index (χ3v) is 9.86. The van der Waals surface area contributed by atoms with Crippen molar-refractivity contribution in [3.8, 4) is 49.8 Å². The number of aromatic nitrogens is 3. The summed E-state index contributed by atoms with van der Waals surface area (Å²) in [7, 11) is 0. The van der Waals surface area contributed by atoms with Crippen LogP contribution in [0.25, 0.3) is 81.8 Å². The zero-order valence-corrected chi connectivity index (χ0v) is 25.7. The molecule has 0 radical (unpaired) electrons. The number of pyridine rings is 1. The molecule has 0 spiro atoms. The predicted octanol–water partition coefficient (Wildman–Crippen LogP) is 11.5. The van der Waals surface area contributed by atoms with E-state index in [-0.39, 0.29) is 0 Å². The Balaban J connectivity index is 1.16. The van der Waals surface area contributed by atoms with Crippen molar-refractivity contribution in [2.24, 2.45) is 0 Å². The summed E-state index contributed by atoms with van der Waals surface area (Å²) in [5.74, 6) is 0. The molecule has 0 aliphatic heterocycles. The summed E-state index contributed by atoms with van der Waals surface area (Å²) in [6, 6.07) is 55.9. The second kappa shape index (κ2) is 11.0. The standard InChI is InChI=1S/C42H27N3S/c1-2-10-28(11-3-1)29-19-21-30(22-20-29)34-15-9-17-38-41(34)46-42(44-38)32-23-24-36-35-14-4-5-18-39(35)45(40(36)27-32)33-13-8-12-31(26-33)37-16-6-7-25-43-37/h1-27H. The molecule has 3 aromatic heterocycles. The lowest BCUT2D eigenvalue weighted by Gasteiger charge is -2.10. The lowest BCUT2D eigenvalue weighted by Crippen LogP contribution is -1.95. The van der Waals surface area contributed by atoms with Crippen LogP contribution in [-0.4, -0.2) is 14.5 Å². The molecule has 216 valence electrons. The summed E-state index contributed by atoms with van der Waals surface area (Å²) < 4.78 is 3.57. The third kappa shape index (κ3) is 4.50. The molecule has 9 aromatic rings. The van der Waals surface area contributed by atoms with Crippen LogP contribution < -0.4 is 0 Å². The molecule has 0 unspecified atom stereocenters.